The first-order chi connectivity index (χ1) is 14.3. The van der Waals surface area contributed by atoms with Crippen molar-refractivity contribution in [1.82, 2.24) is 10.6 Å². The fourth-order valence-corrected chi connectivity index (χ4v) is 3.34. The maximum Gasteiger partial charge on any atom is 0.416 e. The summed E-state index contributed by atoms with van der Waals surface area (Å²) in [5.41, 5.74) is -1.92. The number of alkyl halides is 5. The number of rotatable bonds is 5. The van der Waals surface area contributed by atoms with Gasteiger partial charge in [0.1, 0.15) is 11.5 Å². The quantitative estimate of drug-likeness (QED) is 0.412. The number of benzene rings is 1. The molecule has 0 unspecified atom stereocenters. The van der Waals surface area contributed by atoms with Gasteiger partial charge in [0.25, 0.3) is 0 Å². The second kappa shape index (κ2) is 8.25. The van der Waals surface area contributed by atoms with E-state index in [0.29, 0.717) is 18.9 Å². The van der Waals surface area contributed by atoms with Gasteiger partial charge in [-0.05, 0) is 51.0 Å². The molecule has 1 aliphatic heterocycles. The lowest BCUT2D eigenvalue weighted by molar-refractivity contribution is -0.138. The maximum absolute atomic E-state index is 13.0. The topological polar surface area (TPSA) is 102 Å². The summed E-state index contributed by atoms with van der Waals surface area (Å²) in [6.45, 7) is -0.211. The van der Waals surface area contributed by atoms with Gasteiger partial charge in [-0.25, -0.2) is 0 Å². The number of nitrogens with zero attached hydrogens (tertiary/aromatic N) is 2. The van der Waals surface area contributed by atoms with Crippen molar-refractivity contribution in [2.75, 3.05) is 0 Å². The summed E-state index contributed by atoms with van der Waals surface area (Å²) in [6, 6.07) is 2.07. The molecule has 12 heteroatoms. The van der Waals surface area contributed by atoms with Crippen LogP contribution in [0.2, 0.25) is 0 Å². The van der Waals surface area contributed by atoms with E-state index in [9.17, 15) is 27.1 Å². The maximum atomic E-state index is 13.0. The summed E-state index contributed by atoms with van der Waals surface area (Å²) >= 11 is 0. The van der Waals surface area contributed by atoms with Crippen molar-refractivity contribution in [2.24, 2.45) is 10.2 Å². The number of halogens is 5. The van der Waals surface area contributed by atoms with Gasteiger partial charge in [-0.3, -0.25) is 0 Å². The highest BCUT2D eigenvalue weighted by Crippen LogP contribution is 2.35. The van der Waals surface area contributed by atoms with Crippen LogP contribution in [0.3, 0.4) is 0 Å². The molecule has 1 heterocycles. The number of aliphatic hydroxyl groups is 1. The monoisotopic (exact) mass is 445 g/mol. The van der Waals surface area contributed by atoms with Crippen LogP contribution in [0.5, 0.6) is 5.75 Å². The molecule has 0 radical (unpaired) electrons. The Bertz CT molecular complexity index is 961. The number of guanidine groups is 1. The van der Waals surface area contributed by atoms with Gasteiger partial charge < -0.3 is 25.9 Å². The van der Waals surface area contributed by atoms with Crippen molar-refractivity contribution < 1.29 is 31.8 Å². The van der Waals surface area contributed by atoms with Crippen LogP contribution in [0.4, 0.5) is 22.0 Å². The second-order valence-corrected chi connectivity index (χ2v) is 7.60. The van der Waals surface area contributed by atoms with E-state index < -0.39 is 29.7 Å². The van der Waals surface area contributed by atoms with Crippen LogP contribution in [0.15, 0.2) is 40.2 Å². The first-order valence-electron chi connectivity index (χ1n) is 9.19. The SMILES string of the molecule is CC(=N)/C=C1\NC(NC2CC(C)(O)C2)=NN=C1c1ccc(C(F)(F)F)cc1OC(F)F. The van der Waals surface area contributed by atoms with Crippen LogP contribution in [0, 0.1) is 5.41 Å². The van der Waals surface area contributed by atoms with Crippen LogP contribution in [0.25, 0.3) is 0 Å². The van der Waals surface area contributed by atoms with E-state index >= 15 is 0 Å². The standard InChI is InChI=1S/C19H20F5N5O2/c1-9(25)5-13-15(28-29-17(27-13)26-11-7-18(2,30)8-11)12-4-3-10(19(22,23)24)6-14(12)31-16(20)21/h3-6,11,16,25,30H,7-8H2,1-2H3,(H2,26,27,29)/b13-5-,25-9?. The lowest BCUT2D eigenvalue weighted by Gasteiger charge is -2.41. The summed E-state index contributed by atoms with van der Waals surface area (Å²) in [7, 11) is 0. The molecule has 31 heavy (non-hydrogen) atoms. The molecule has 1 aromatic carbocycles. The molecule has 0 atom stereocenters. The van der Waals surface area contributed by atoms with Gasteiger partial charge in [0.05, 0.1) is 16.9 Å². The minimum atomic E-state index is -4.76. The molecule has 1 saturated carbocycles. The van der Waals surface area contributed by atoms with Gasteiger partial charge in [0, 0.05) is 17.3 Å². The normalized spacial score (nSPS) is 24.8. The predicted molar refractivity (Wildman–Crippen MR) is 103 cm³/mol. The summed E-state index contributed by atoms with van der Waals surface area (Å²) in [5, 5.41) is 31.3. The zero-order valence-electron chi connectivity index (χ0n) is 16.5. The van der Waals surface area contributed by atoms with Crippen molar-refractivity contribution in [1.29, 1.82) is 5.41 Å². The van der Waals surface area contributed by atoms with Crippen LogP contribution >= 0.6 is 0 Å². The summed E-state index contributed by atoms with van der Waals surface area (Å²) < 4.78 is 69.1. The molecule has 1 aromatic rings. The first-order valence-corrected chi connectivity index (χ1v) is 9.19. The van der Waals surface area contributed by atoms with Crippen LogP contribution in [-0.2, 0) is 6.18 Å². The van der Waals surface area contributed by atoms with E-state index in [1.807, 2.05) is 0 Å². The Morgan fingerprint density at radius 2 is 2.03 bits per heavy atom. The van der Waals surface area contributed by atoms with Gasteiger partial charge in [-0.1, -0.05) is 0 Å². The Labute approximate surface area is 174 Å². The Balaban J connectivity index is 1.98. The molecule has 0 bridgehead atoms. The van der Waals surface area contributed by atoms with E-state index in [4.69, 9.17) is 5.41 Å². The van der Waals surface area contributed by atoms with Gasteiger partial charge >= 0.3 is 12.8 Å². The van der Waals surface area contributed by atoms with Gasteiger partial charge in [-0.15, -0.1) is 10.2 Å². The van der Waals surface area contributed by atoms with Crippen molar-refractivity contribution >= 4 is 17.4 Å². The number of hydrogen-bond acceptors (Lipinski definition) is 7. The molecule has 3 rings (SSSR count). The second-order valence-electron chi connectivity index (χ2n) is 7.60. The number of allylic oxidation sites excluding steroid dienone is 2. The molecule has 0 amide bonds. The zero-order valence-corrected chi connectivity index (χ0v) is 16.5. The first kappa shape index (κ1) is 22.7. The molecule has 7 nitrogen and oxygen atoms in total. The minimum absolute atomic E-state index is 0.0675. The number of ether oxygens (including phenoxy) is 1. The highest BCUT2D eigenvalue weighted by Gasteiger charge is 2.39. The lowest BCUT2D eigenvalue weighted by atomic mass is 9.77. The average Bonchev–Trinajstić information content (AvgIpc) is 2.59. The smallest absolute Gasteiger partial charge is 0.416 e. The number of hydrogen-bond donors (Lipinski definition) is 4. The summed E-state index contributed by atoms with van der Waals surface area (Å²) in [4.78, 5) is 0. The molecule has 2 aliphatic rings. The van der Waals surface area contributed by atoms with Crippen LogP contribution < -0.4 is 15.4 Å². The molecule has 4 N–H and O–H groups in total. The van der Waals surface area contributed by atoms with Crippen LogP contribution in [0.1, 0.15) is 37.8 Å². The van der Waals surface area contributed by atoms with Crippen molar-refractivity contribution in [3.05, 3.63) is 41.1 Å². The highest BCUT2D eigenvalue weighted by molar-refractivity contribution is 6.19. The fraction of sp³-hybridized carbons (Fsp3) is 0.421. The predicted octanol–water partition coefficient (Wildman–Crippen LogP) is 3.40. The summed E-state index contributed by atoms with van der Waals surface area (Å²) in [5.74, 6) is -0.527. The fourth-order valence-electron chi connectivity index (χ4n) is 3.34. The van der Waals surface area contributed by atoms with Crippen molar-refractivity contribution in [3.8, 4) is 5.75 Å². The third-order valence-corrected chi connectivity index (χ3v) is 4.61. The Morgan fingerprint density at radius 3 is 2.58 bits per heavy atom. The average molecular weight is 445 g/mol. The largest absolute Gasteiger partial charge is 0.434 e. The third kappa shape index (κ3) is 5.57. The third-order valence-electron chi connectivity index (χ3n) is 4.61. The molecule has 1 aliphatic carbocycles. The Hall–Kier alpha value is -3.02. The number of nitrogens with one attached hydrogen (secondary N) is 3. The van der Waals surface area contributed by atoms with Crippen LogP contribution in [-0.4, -0.2) is 40.7 Å². The molecule has 1 fully saturated rings. The van der Waals surface area contributed by atoms with Gasteiger partial charge in [0.15, 0.2) is 0 Å². The molecule has 0 spiro atoms. The minimum Gasteiger partial charge on any atom is -0.434 e. The van der Waals surface area contributed by atoms with Crippen molar-refractivity contribution in [3.63, 3.8) is 0 Å². The zero-order chi connectivity index (χ0) is 23.0. The molecular formula is C19H20F5N5O2. The van der Waals surface area contributed by atoms with Gasteiger partial charge in [0.2, 0.25) is 5.96 Å². The van der Waals surface area contributed by atoms with Gasteiger partial charge in [-0.2, -0.15) is 22.0 Å². The Kier molecular flexibility index (Phi) is 6.03. The molecule has 0 aromatic heterocycles. The van der Waals surface area contributed by atoms with E-state index in [0.717, 1.165) is 12.1 Å². The molecule has 168 valence electrons. The molecular weight excluding hydrogens is 425 g/mol. The van der Waals surface area contributed by atoms with Crippen molar-refractivity contribution in [2.45, 2.75) is 51.1 Å². The van der Waals surface area contributed by atoms with E-state index in [2.05, 4.69) is 25.6 Å². The van der Waals surface area contributed by atoms with E-state index in [-0.39, 0.29) is 34.7 Å². The lowest BCUT2D eigenvalue weighted by Crippen LogP contribution is -2.56. The van der Waals surface area contributed by atoms with E-state index in [1.54, 1.807) is 6.92 Å². The Morgan fingerprint density at radius 1 is 1.35 bits per heavy atom. The highest BCUT2D eigenvalue weighted by atomic mass is 19.4. The molecule has 0 saturated heterocycles. The van der Waals surface area contributed by atoms with E-state index in [1.165, 1.54) is 13.0 Å². The summed E-state index contributed by atoms with van der Waals surface area (Å²) in [6.07, 6.45) is -2.48.